The molecule has 1 aliphatic rings. The van der Waals surface area contributed by atoms with Gasteiger partial charge >= 0.3 is 11.9 Å². The van der Waals surface area contributed by atoms with Gasteiger partial charge in [0.1, 0.15) is 11.3 Å². The van der Waals surface area contributed by atoms with Crippen LogP contribution in [0.5, 0.6) is 0 Å². The van der Waals surface area contributed by atoms with Crippen molar-refractivity contribution in [2.24, 2.45) is 5.92 Å². The van der Waals surface area contributed by atoms with Gasteiger partial charge in [-0.3, -0.25) is 4.79 Å². The largest absolute Gasteiger partial charge is 0.461 e. The van der Waals surface area contributed by atoms with Crippen molar-refractivity contribution in [1.29, 1.82) is 0 Å². The second kappa shape index (κ2) is 12.1. The monoisotopic (exact) mass is 471 g/mol. The van der Waals surface area contributed by atoms with Crippen LogP contribution in [0.4, 0.5) is 0 Å². The highest BCUT2D eigenvalue weighted by Gasteiger charge is 2.26. The molecule has 1 fully saturated rings. The molecule has 1 aliphatic carbocycles. The van der Waals surface area contributed by atoms with E-state index in [2.05, 4.69) is 15.1 Å². The molecule has 2 aromatic rings. The summed E-state index contributed by atoms with van der Waals surface area (Å²) in [5.74, 6) is 0.636. The molecule has 186 valence electrons. The van der Waals surface area contributed by atoms with Gasteiger partial charge in [-0.2, -0.15) is 4.98 Å². The zero-order valence-electron chi connectivity index (χ0n) is 20.8. The van der Waals surface area contributed by atoms with E-state index in [1.807, 2.05) is 20.8 Å². The fraction of sp³-hybridized carbons (Fsp3) is 0.654. The molecule has 0 aliphatic heterocycles. The smallest absolute Gasteiger partial charge is 0.356 e. The second-order valence-electron chi connectivity index (χ2n) is 10.0. The van der Waals surface area contributed by atoms with E-state index in [0.717, 1.165) is 25.2 Å². The third-order valence-corrected chi connectivity index (χ3v) is 6.02. The van der Waals surface area contributed by atoms with Crippen LogP contribution in [0.2, 0.25) is 0 Å². The highest BCUT2D eigenvalue weighted by molar-refractivity contribution is 5.87. The summed E-state index contributed by atoms with van der Waals surface area (Å²) in [5, 5.41) is 4.10. The SMILES string of the molecule is CCOC(=O)c1ccc(-c2noc(C(CCCC3CCCCC3)CC(=O)OC(C)(C)C)n2)cn1. The summed E-state index contributed by atoms with van der Waals surface area (Å²) < 4.78 is 16.1. The van der Waals surface area contributed by atoms with Gasteiger partial charge in [0.25, 0.3) is 0 Å². The summed E-state index contributed by atoms with van der Waals surface area (Å²) in [6.45, 7) is 7.62. The van der Waals surface area contributed by atoms with Crippen LogP contribution in [0.1, 0.15) is 108 Å². The van der Waals surface area contributed by atoms with Crippen molar-refractivity contribution >= 4 is 11.9 Å². The number of hydrogen-bond acceptors (Lipinski definition) is 8. The first-order valence-corrected chi connectivity index (χ1v) is 12.4. The molecule has 1 atom stereocenters. The zero-order valence-corrected chi connectivity index (χ0v) is 20.8. The summed E-state index contributed by atoms with van der Waals surface area (Å²) in [5.41, 5.74) is 0.303. The quantitative estimate of drug-likeness (QED) is 0.396. The third-order valence-electron chi connectivity index (χ3n) is 6.02. The molecule has 0 spiro atoms. The van der Waals surface area contributed by atoms with Crippen molar-refractivity contribution in [2.75, 3.05) is 6.61 Å². The molecule has 8 nitrogen and oxygen atoms in total. The van der Waals surface area contributed by atoms with Crippen LogP contribution in [0.15, 0.2) is 22.9 Å². The Morgan fingerprint density at radius 3 is 2.59 bits per heavy atom. The highest BCUT2D eigenvalue weighted by Crippen LogP contribution is 2.32. The number of pyridine rings is 1. The van der Waals surface area contributed by atoms with Crippen molar-refractivity contribution < 1.29 is 23.6 Å². The minimum atomic E-state index is -0.546. The predicted octanol–water partition coefficient (Wildman–Crippen LogP) is 5.87. The van der Waals surface area contributed by atoms with Gasteiger partial charge in [-0.05, 0) is 52.2 Å². The van der Waals surface area contributed by atoms with Gasteiger partial charge in [0.15, 0.2) is 0 Å². The fourth-order valence-electron chi connectivity index (χ4n) is 4.40. The lowest BCUT2D eigenvalue weighted by molar-refractivity contribution is -0.155. The van der Waals surface area contributed by atoms with Crippen molar-refractivity contribution in [3.8, 4) is 11.4 Å². The normalized spacial score (nSPS) is 15.6. The van der Waals surface area contributed by atoms with E-state index in [4.69, 9.17) is 14.0 Å². The highest BCUT2D eigenvalue weighted by atomic mass is 16.6. The lowest BCUT2D eigenvalue weighted by Crippen LogP contribution is -2.25. The molecule has 0 radical (unpaired) electrons. The van der Waals surface area contributed by atoms with E-state index in [-0.39, 0.29) is 30.6 Å². The fourth-order valence-corrected chi connectivity index (χ4v) is 4.40. The van der Waals surface area contributed by atoms with E-state index in [1.54, 1.807) is 19.1 Å². The molecule has 2 aromatic heterocycles. The van der Waals surface area contributed by atoms with Crippen molar-refractivity contribution in [3.05, 3.63) is 29.9 Å². The summed E-state index contributed by atoms with van der Waals surface area (Å²) in [6, 6.07) is 3.28. The lowest BCUT2D eigenvalue weighted by atomic mass is 9.84. The Bertz CT molecular complexity index is 927. The number of hydrogen-bond donors (Lipinski definition) is 0. The maximum atomic E-state index is 12.6. The van der Waals surface area contributed by atoms with E-state index in [1.165, 1.54) is 38.3 Å². The molecule has 34 heavy (non-hydrogen) atoms. The van der Waals surface area contributed by atoms with Gasteiger partial charge in [-0.25, -0.2) is 9.78 Å². The minimum Gasteiger partial charge on any atom is -0.461 e. The summed E-state index contributed by atoms with van der Waals surface area (Å²) in [4.78, 5) is 33.1. The van der Waals surface area contributed by atoms with E-state index >= 15 is 0 Å². The van der Waals surface area contributed by atoms with Crippen LogP contribution < -0.4 is 0 Å². The molecule has 0 bridgehead atoms. The average molecular weight is 472 g/mol. The first-order valence-electron chi connectivity index (χ1n) is 12.4. The molecule has 3 rings (SSSR count). The molecule has 8 heteroatoms. The Morgan fingerprint density at radius 1 is 1.18 bits per heavy atom. The van der Waals surface area contributed by atoms with Crippen LogP contribution >= 0.6 is 0 Å². The Hall–Kier alpha value is -2.77. The first kappa shape index (κ1) is 25.8. The summed E-state index contributed by atoms with van der Waals surface area (Å²) in [7, 11) is 0. The topological polar surface area (TPSA) is 104 Å². The number of esters is 2. The maximum Gasteiger partial charge on any atom is 0.356 e. The molecule has 0 N–H and O–H groups in total. The van der Waals surface area contributed by atoms with Gasteiger partial charge < -0.3 is 14.0 Å². The van der Waals surface area contributed by atoms with E-state index < -0.39 is 11.6 Å². The first-order chi connectivity index (χ1) is 16.2. The number of carbonyl (C=O) groups excluding carboxylic acids is 2. The number of carbonyl (C=O) groups is 2. The van der Waals surface area contributed by atoms with E-state index in [9.17, 15) is 9.59 Å². The molecule has 0 saturated heterocycles. The van der Waals surface area contributed by atoms with Gasteiger partial charge in [0, 0.05) is 17.7 Å². The minimum absolute atomic E-state index is 0.198. The van der Waals surface area contributed by atoms with Crippen molar-refractivity contribution in [1.82, 2.24) is 15.1 Å². The molecule has 1 unspecified atom stereocenters. The second-order valence-corrected chi connectivity index (χ2v) is 10.0. The van der Waals surface area contributed by atoms with E-state index in [0.29, 0.717) is 17.3 Å². The Labute approximate surface area is 201 Å². The molecule has 2 heterocycles. The molecule has 1 saturated carbocycles. The Kier molecular flexibility index (Phi) is 9.19. The summed E-state index contributed by atoms with van der Waals surface area (Å²) >= 11 is 0. The molecule has 0 amide bonds. The standard InChI is InChI=1S/C26H37N3O5/c1-5-32-25(31)21-15-14-20(17-27-21)23-28-24(34-29-23)19(16-22(30)33-26(2,3)4)13-9-12-18-10-7-6-8-11-18/h14-15,17-19H,5-13,16H2,1-4H3. The van der Waals surface area contributed by atoms with Crippen LogP contribution in [-0.4, -0.2) is 39.3 Å². The average Bonchev–Trinajstić information content (AvgIpc) is 3.28. The third kappa shape index (κ3) is 7.92. The lowest BCUT2D eigenvalue weighted by Gasteiger charge is -2.23. The maximum absolute atomic E-state index is 12.6. The number of ether oxygens (including phenoxy) is 2. The van der Waals surface area contributed by atoms with Crippen LogP contribution in [-0.2, 0) is 14.3 Å². The van der Waals surface area contributed by atoms with Gasteiger partial charge in [0.05, 0.1) is 13.0 Å². The number of aromatic nitrogens is 3. The number of nitrogens with zero attached hydrogens (tertiary/aromatic N) is 3. The Morgan fingerprint density at radius 2 is 1.94 bits per heavy atom. The van der Waals surface area contributed by atoms with Gasteiger partial charge in [-0.15, -0.1) is 0 Å². The van der Waals surface area contributed by atoms with Crippen LogP contribution in [0, 0.1) is 5.92 Å². The number of rotatable bonds is 10. The van der Waals surface area contributed by atoms with Crippen molar-refractivity contribution in [2.45, 2.75) is 97.0 Å². The predicted molar refractivity (Wildman–Crippen MR) is 127 cm³/mol. The van der Waals surface area contributed by atoms with Crippen LogP contribution in [0.3, 0.4) is 0 Å². The molecule has 0 aromatic carbocycles. The van der Waals surface area contributed by atoms with Gasteiger partial charge in [0.2, 0.25) is 11.7 Å². The summed E-state index contributed by atoms with van der Waals surface area (Å²) in [6.07, 6.45) is 11.3. The molecular weight excluding hydrogens is 434 g/mol. The molecular formula is C26H37N3O5. The zero-order chi connectivity index (χ0) is 24.6. The van der Waals surface area contributed by atoms with Crippen LogP contribution in [0.25, 0.3) is 11.4 Å². The Balaban J connectivity index is 1.69. The van der Waals surface area contributed by atoms with Crippen molar-refractivity contribution in [3.63, 3.8) is 0 Å². The van der Waals surface area contributed by atoms with Gasteiger partial charge in [-0.1, -0.05) is 50.1 Å².